The molecule has 0 saturated heterocycles. The van der Waals surface area contributed by atoms with Crippen LogP contribution in [0.5, 0.6) is 0 Å². The van der Waals surface area contributed by atoms with Gasteiger partial charge in [0.1, 0.15) is 0 Å². The van der Waals surface area contributed by atoms with Gasteiger partial charge in [0.15, 0.2) is 0 Å². The van der Waals surface area contributed by atoms with Gasteiger partial charge in [0, 0.05) is 24.8 Å². The number of nitrogens with zero attached hydrogens (tertiary/aromatic N) is 4. The Hall–Kier alpha value is -2.88. The molecule has 4 nitrogen and oxygen atoms in total. The van der Waals surface area contributed by atoms with Gasteiger partial charge in [-0.3, -0.25) is 20.0 Å². The second kappa shape index (κ2) is 5.84. The Morgan fingerprint density at radius 1 is 0.400 bits per heavy atom. The van der Waals surface area contributed by atoms with Crippen LogP contribution >= 0.6 is 0 Å². The molecule has 0 aliphatic carbocycles. The first-order chi connectivity index (χ1) is 9.93. The fraction of sp³-hybridized carbons (Fsp3) is 0. The van der Waals surface area contributed by atoms with Crippen LogP contribution in [0.25, 0.3) is 0 Å². The van der Waals surface area contributed by atoms with E-state index in [9.17, 15) is 0 Å². The summed E-state index contributed by atoms with van der Waals surface area (Å²) in [7, 11) is 0. The number of rotatable bonds is 0. The first-order valence-electron chi connectivity index (χ1n) is 6.25. The van der Waals surface area contributed by atoms with Crippen molar-refractivity contribution in [1.82, 2.24) is 0 Å². The summed E-state index contributed by atoms with van der Waals surface area (Å²) in [6, 6.07) is 15.4. The van der Waals surface area contributed by atoms with Crippen LogP contribution < -0.4 is 21.4 Å². The summed E-state index contributed by atoms with van der Waals surface area (Å²) in [5.74, 6) is 0. The van der Waals surface area contributed by atoms with Gasteiger partial charge < -0.3 is 0 Å². The van der Waals surface area contributed by atoms with Gasteiger partial charge in [-0.05, 0) is 24.3 Å². The second-order valence-corrected chi connectivity index (χ2v) is 4.09. The molecule has 0 radical (unpaired) electrons. The van der Waals surface area contributed by atoms with Crippen LogP contribution in [0.1, 0.15) is 0 Å². The quantitative estimate of drug-likeness (QED) is 0.673. The number of para-hydroxylation sites is 4. The zero-order valence-electron chi connectivity index (χ0n) is 10.7. The van der Waals surface area contributed by atoms with Crippen LogP contribution in [0.15, 0.2) is 93.3 Å². The maximum absolute atomic E-state index is 4.36. The van der Waals surface area contributed by atoms with E-state index in [0.717, 1.165) is 21.4 Å². The minimum atomic E-state index is 0.803. The fourth-order valence-corrected chi connectivity index (χ4v) is 1.82. The number of hydrogen-bond donors (Lipinski definition) is 0. The summed E-state index contributed by atoms with van der Waals surface area (Å²) in [4.78, 5) is 17.4. The van der Waals surface area contributed by atoms with E-state index in [-0.39, 0.29) is 0 Å². The van der Waals surface area contributed by atoms with E-state index >= 15 is 0 Å². The van der Waals surface area contributed by atoms with Crippen molar-refractivity contribution >= 4 is 0 Å². The predicted molar refractivity (Wildman–Crippen MR) is 75.8 cm³/mol. The van der Waals surface area contributed by atoms with Gasteiger partial charge in [0.05, 0.1) is 21.4 Å². The smallest absolute Gasteiger partial charge is 0.0886 e. The molecule has 3 rings (SSSR count). The van der Waals surface area contributed by atoms with Crippen molar-refractivity contribution in [2.75, 3.05) is 0 Å². The first-order valence-corrected chi connectivity index (χ1v) is 6.25. The summed E-state index contributed by atoms with van der Waals surface area (Å²) in [5.41, 5.74) is 0. The molecular weight excluding hydrogens is 248 g/mol. The van der Waals surface area contributed by atoms with Crippen LogP contribution in [0.3, 0.4) is 0 Å². The zero-order chi connectivity index (χ0) is 13.6. The lowest BCUT2D eigenvalue weighted by molar-refractivity contribution is 1.16. The molecule has 0 aromatic heterocycles. The summed E-state index contributed by atoms with van der Waals surface area (Å²) >= 11 is 0. The molecule has 96 valence electrons. The highest BCUT2D eigenvalue weighted by Gasteiger charge is 1.86. The molecule has 1 heterocycles. The number of benzene rings is 2. The van der Waals surface area contributed by atoms with Crippen molar-refractivity contribution in [3.05, 3.63) is 94.8 Å². The Labute approximate surface area is 115 Å². The molecule has 1 aliphatic heterocycles. The molecule has 2 aromatic rings. The van der Waals surface area contributed by atoms with Gasteiger partial charge in [0.2, 0.25) is 0 Å². The Bertz CT molecular complexity index is 756. The maximum Gasteiger partial charge on any atom is 0.0886 e. The first kappa shape index (κ1) is 12.2. The third-order valence-electron chi connectivity index (χ3n) is 2.75. The monoisotopic (exact) mass is 260 g/mol. The molecule has 0 N–H and O–H groups in total. The van der Waals surface area contributed by atoms with E-state index in [1.807, 2.05) is 48.5 Å². The third kappa shape index (κ3) is 2.75. The van der Waals surface area contributed by atoms with Crippen molar-refractivity contribution < 1.29 is 0 Å². The molecule has 0 spiro atoms. The molecule has 0 amide bonds. The average Bonchev–Trinajstić information content (AvgIpc) is 2.49. The van der Waals surface area contributed by atoms with Crippen LogP contribution in [-0.2, 0) is 0 Å². The van der Waals surface area contributed by atoms with E-state index in [4.69, 9.17) is 0 Å². The van der Waals surface area contributed by atoms with Crippen molar-refractivity contribution in [3.63, 3.8) is 0 Å². The lowest BCUT2D eigenvalue weighted by Crippen LogP contribution is -2.24. The fourth-order valence-electron chi connectivity index (χ4n) is 1.82. The molecule has 0 fully saturated rings. The summed E-state index contributed by atoms with van der Waals surface area (Å²) in [5, 5.41) is 3.21. The highest BCUT2D eigenvalue weighted by Crippen LogP contribution is 1.80. The molecule has 0 saturated carbocycles. The van der Waals surface area contributed by atoms with Crippen LogP contribution in [0.2, 0.25) is 0 Å². The average molecular weight is 260 g/mol. The summed E-state index contributed by atoms with van der Waals surface area (Å²) in [6.45, 7) is 0. The van der Waals surface area contributed by atoms with Crippen molar-refractivity contribution in [2.24, 2.45) is 20.0 Å². The minimum Gasteiger partial charge on any atom is -0.253 e. The van der Waals surface area contributed by atoms with Gasteiger partial charge in [-0.25, -0.2) is 0 Å². The molecule has 4 heteroatoms. The Morgan fingerprint density at radius 2 is 0.650 bits per heavy atom. The molecule has 0 unspecified atom stereocenters. The zero-order valence-corrected chi connectivity index (χ0v) is 10.7. The lowest BCUT2D eigenvalue weighted by atomic mass is 10.3. The Balaban J connectivity index is 2.24. The van der Waals surface area contributed by atoms with Crippen molar-refractivity contribution in [1.29, 1.82) is 0 Å². The Kier molecular flexibility index (Phi) is 3.55. The van der Waals surface area contributed by atoms with Crippen LogP contribution in [-0.4, -0.2) is 0 Å². The number of hydrogen-bond acceptors (Lipinski definition) is 4. The second-order valence-electron chi connectivity index (χ2n) is 4.09. The summed E-state index contributed by atoms with van der Waals surface area (Å²) < 4.78 is 0. The van der Waals surface area contributed by atoms with E-state index in [0.29, 0.717) is 0 Å². The molecule has 20 heavy (non-hydrogen) atoms. The van der Waals surface area contributed by atoms with Gasteiger partial charge >= 0.3 is 0 Å². The SMILES string of the molecule is C1=C\N=c2ccccc2=N/C=C\N=c2ccccc2=N/1. The Morgan fingerprint density at radius 3 is 0.900 bits per heavy atom. The molecule has 0 bridgehead atoms. The predicted octanol–water partition coefficient (Wildman–Crippen LogP) is 0.821. The normalized spacial score (nSPS) is 16.4. The molecular formula is C16H12N4. The van der Waals surface area contributed by atoms with E-state index in [1.54, 1.807) is 24.8 Å². The van der Waals surface area contributed by atoms with Crippen LogP contribution in [0.4, 0.5) is 0 Å². The van der Waals surface area contributed by atoms with Gasteiger partial charge in [0.25, 0.3) is 0 Å². The molecule has 2 aromatic carbocycles. The molecule has 1 aliphatic rings. The standard InChI is InChI=1S/C16H12N4/c1-2-6-14-13(5-1)17-9-10-19-15-7-3-4-8-16(15)20-12-11-18-14/h1-12H/b10-9-,12-11-,17-9?,17-13?,18-11?,18-14?,19-10?,19-15?,20-12?,20-16?. The maximum atomic E-state index is 4.36. The highest BCUT2D eigenvalue weighted by molar-refractivity contribution is 5.05. The number of fused-ring (bicyclic) bond motifs is 2. The van der Waals surface area contributed by atoms with Gasteiger partial charge in [-0.15, -0.1) is 0 Å². The van der Waals surface area contributed by atoms with E-state index < -0.39 is 0 Å². The van der Waals surface area contributed by atoms with E-state index in [2.05, 4.69) is 20.0 Å². The highest BCUT2D eigenvalue weighted by atomic mass is 14.8. The topological polar surface area (TPSA) is 49.4 Å². The minimum absolute atomic E-state index is 0.803. The largest absolute Gasteiger partial charge is 0.253 e. The third-order valence-corrected chi connectivity index (χ3v) is 2.75. The van der Waals surface area contributed by atoms with Crippen molar-refractivity contribution in [2.45, 2.75) is 0 Å². The van der Waals surface area contributed by atoms with Crippen molar-refractivity contribution in [3.8, 4) is 0 Å². The van der Waals surface area contributed by atoms with Gasteiger partial charge in [-0.1, -0.05) is 24.3 Å². The van der Waals surface area contributed by atoms with Crippen LogP contribution in [0, 0.1) is 0 Å². The lowest BCUT2D eigenvalue weighted by Gasteiger charge is -1.89. The van der Waals surface area contributed by atoms with E-state index in [1.165, 1.54) is 0 Å². The summed E-state index contributed by atoms with van der Waals surface area (Å²) in [6.07, 6.45) is 6.65. The van der Waals surface area contributed by atoms with Gasteiger partial charge in [-0.2, -0.15) is 0 Å². The molecule has 0 atom stereocenters.